The summed E-state index contributed by atoms with van der Waals surface area (Å²) in [6.45, 7) is 3.17. The lowest BCUT2D eigenvalue weighted by Crippen LogP contribution is -2.27. The molecule has 1 aromatic carbocycles. The minimum Gasteiger partial charge on any atom is -0.382 e. The summed E-state index contributed by atoms with van der Waals surface area (Å²) in [5.41, 5.74) is 7.26. The first-order valence-corrected chi connectivity index (χ1v) is 10.3. The molecule has 0 saturated heterocycles. The molecule has 33 heavy (non-hydrogen) atoms. The van der Waals surface area contributed by atoms with Crippen LogP contribution in [0.5, 0.6) is 0 Å². The van der Waals surface area contributed by atoms with Crippen LogP contribution in [0.3, 0.4) is 0 Å². The molecule has 12 heteroatoms. The molecular weight excluding hydrogens is 430 g/mol. The first kappa shape index (κ1) is 24.0. The minimum absolute atomic E-state index is 0.00681. The number of methoxy groups -OCH3 is 1. The lowest BCUT2D eigenvalue weighted by atomic mass is 10.2. The van der Waals surface area contributed by atoms with Crippen molar-refractivity contribution in [3.8, 4) is 0 Å². The van der Waals surface area contributed by atoms with Gasteiger partial charge in [0.25, 0.3) is 11.5 Å². The number of anilines is 2. The van der Waals surface area contributed by atoms with Gasteiger partial charge in [0.1, 0.15) is 0 Å². The third kappa shape index (κ3) is 7.49. The Hall–Kier alpha value is -3.61. The van der Waals surface area contributed by atoms with Gasteiger partial charge in [-0.3, -0.25) is 14.6 Å². The summed E-state index contributed by atoms with van der Waals surface area (Å²) in [4.78, 5) is 38.9. The zero-order valence-electron chi connectivity index (χ0n) is 18.3. The molecule has 0 unspecified atom stereocenters. The third-order valence-electron chi connectivity index (χ3n) is 4.44. The van der Waals surface area contributed by atoms with Gasteiger partial charge in [-0.15, -0.1) is 0 Å². The summed E-state index contributed by atoms with van der Waals surface area (Å²) < 4.78 is 15.6. The first-order chi connectivity index (χ1) is 16.1. The topological polar surface area (TPSA) is 166 Å². The Bertz CT molecular complexity index is 1100. The van der Waals surface area contributed by atoms with E-state index in [1.165, 1.54) is 6.20 Å². The van der Waals surface area contributed by atoms with Crippen LogP contribution in [0.2, 0.25) is 0 Å². The molecule has 0 atom stereocenters. The van der Waals surface area contributed by atoms with E-state index in [4.69, 9.17) is 19.9 Å². The van der Waals surface area contributed by atoms with Crippen LogP contribution in [-0.2, 0) is 20.8 Å². The average molecular weight is 457 g/mol. The number of nitrogens with one attached hydrogen (secondary N) is 3. The van der Waals surface area contributed by atoms with E-state index >= 15 is 0 Å². The molecule has 2 aromatic heterocycles. The van der Waals surface area contributed by atoms with E-state index in [0.29, 0.717) is 57.4 Å². The second-order valence-corrected chi connectivity index (χ2v) is 6.89. The number of nitrogen functional groups attached to an aromatic ring is 1. The van der Waals surface area contributed by atoms with Gasteiger partial charge in [0.05, 0.1) is 51.5 Å². The summed E-state index contributed by atoms with van der Waals surface area (Å²) in [5.74, 6) is -0.194. The molecule has 0 spiro atoms. The number of fused-ring (bicyclic) bond motifs is 1. The Morgan fingerprint density at radius 1 is 1.06 bits per heavy atom. The van der Waals surface area contributed by atoms with Crippen molar-refractivity contribution in [2.75, 3.05) is 57.7 Å². The van der Waals surface area contributed by atoms with Crippen molar-refractivity contribution < 1.29 is 19.0 Å². The van der Waals surface area contributed by atoms with Crippen molar-refractivity contribution in [2.24, 2.45) is 0 Å². The number of nitrogens with zero attached hydrogens (tertiary/aromatic N) is 3. The molecule has 12 nitrogen and oxygen atoms in total. The highest BCUT2D eigenvalue weighted by Crippen LogP contribution is 2.11. The summed E-state index contributed by atoms with van der Waals surface area (Å²) in [6.07, 6.45) is 1.52. The predicted octanol–water partition coefficient (Wildman–Crippen LogP) is 0.317. The van der Waals surface area contributed by atoms with Crippen LogP contribution in [0.4, 0.5) is 11.6 Å². The highest BCUT2D eigenvalue weighted by atomic mass is 16.5. The van der Waals surface area contributed by atoms with Crippen LogP contribution in [0.25, 0.3) is 11.2 Å². The standard InChI is InChI=1S/C21H27N7O5/c1-31-8-9-33-11-10-32-7-6-23-19(29)14-2-4-15(5-3-14)24-12-16-13-25-18-17(26-16)20(30)28-21(22)27-18/h2-5,13,24H,6-12H2,1H3,(H,23,29)(H3,22,25,27,28,30). The van der Waals surface area contributed by atoms with Crippen molar-refractivity contribution in [1.29, 1.82) is 0 Å². The third-order valence-corrected chi connectivity index (χ3v) is 4.44. The van der Waals surface area contributed by atoms with Gasteiger partial charge in [-0.1, -0.05) is 0 Å². The zero-order chi connectivity index (χ0) is 23.5. The lowest BCUT2D eigenvalue weighted by molar-refractivity contribution is 0.0255. The van der Waals surface area contributed by atoms with Crippen molar-refractivity contribution >= 4 is 28.7 Å². The molecule has 2 heterocycles. The number of ether oxygens (including phenoxy) is 3. The zero-order valence-corrected chi connectivity index (χ0v) is 18.3. The maximum atomic E-state index is 12.2. The van der Waals surface area contributed by atoms with Gasteiger partial charge in [0, 0.05) is 24.9 Å². The molecule has 0 aliphatic carbocycles. The Kier molecular flexibility index (Phi) is 9.06. The van der Waals surface area contributed by atoms with Gasteiger partial charge in [0.2, 0.25) is 5.95 Å². The van der Waals surface area contributed by atoms with Gasteiger partial charge in [-0.25, -0.2) is 9.97 Å². The van der Waals surface area contributed by atoms with E-state index in [9.17, 15) is 9.59 Å². The molecule has 0 saturated carbocycles. The largest absolute Gasteiger partial charge is 0.382 e. The monoisotopic (exact) mass is 457 g/mol. The van der Waals surface area contributed by atoms with Gasteiger partial charge in [-0.2, -0.15) is 4.98 Å². The van der Waals surface area contributed by atoms with Crippen LogP contribution in [0.1, 0.15) is 16.1 Å². The maximum Gasteiger partial charge on any atom is 0.280 e. The van der Waals surface area contributed by atoms with Gasteiger partial charge in [0.15, 0.2) is 11.2 Å². The van der Waals surface area contributed by atoms with E-state index < -0.39 is 5.56 Å². The number of hydrogen-bond acceptors (Lipinski definition) is 10. The van der Waals surface area contributed by atoms with E-state index in [2.05, 4.69) is 30.6 Å². The number of amides is 1. The van der Waals surface area contributed by atoms with Gasteiger partial charge < -0.3 is 30.6 Å². The fourth-order valence-corrected chi connectivity index (χ4v) is 2.79. The lowest BCUT2D eigenvalue weighted by Gasteiger charge is -2.09. The van der Waals surface area contributed by atoms with Crippen LogP contribution in [-0.4, -0.2) is 72.5 Å². The number of benzene rings is 1. The highest BCUT2D eigenvalue weighted by molar-refractivity contribution is 5.94. The molecule has 5 N–H and O–H groups in total. The van der Waals surface area contributed by atoms with Crippen LogP contribution in [0, 0.1) is 0 Å². The van der Waals surface area contributed by atoms with Crippen molar-refractivity contribution in [3.63, 3.8) is 0 Å². The quantitative estimate of drug-likeness (QED) is 0.262. The first-order valence-electron chi connectivity index (χ1n) is 10.3. The molecule has 3 aromatic rings. The van der Waals surface area contributed by atoms with Crippen LogP contribution >= 0.6 is 0 Å². The number of aromatic nitrogens is 4. The normalized spacial score (nSPS) is 10.9. The second kappa shape index (κ2) is 12.4. The Labute approximate surface area is 189 Å². The van der Waals surface area contributed by atoms with Crippen molar-refractivity contribution in [1.82, 2.24) is 25.3 Å². The summed E-state index contributed by atoms with van der Waals surface area (Å²) in [7, 11) is 1.62. The summed E-state index contributed by atoms with van der Waals surface area (Å²) >= 11 is 0. The SMILES string of the molecule is COCCOCCOCCNC(=O)c1ccc(NCc2cnc3nc(N)[nH]c(=O)c3n2)cc1. The maximum absolute atomic E-state index is 12.2. The average Bonchev–Trinajstić information content (AvgIpc) is 2.82. The van der Waals surface area contributed by atoms with Gasteiger partial charge in [-0.05, 0) is 24.3 Å². The van der Waals surface area contributed by atoms with Gasteiger partial charge >= 0.3 is 0 Å². The number of aromatic amines is 1. The second-order valence-electron chi connectivity index (χ2n) is 6.89. The minimum atomic E-state index is -0.442. The number of H-pyrrole nitrogens is 1. The molecule has 1 amide bonds. The molecule has 0 radical (unpaired) electrons. The molecule has 3 rings (SSSR count). The number of rotatable bonds is 13. The Morgan fingerprint density at radius 2 is 1.79 bits per heavy atom. The van der Waals surface area contributed by atoms with E-state index in [-0.39, 0.29) is 23.0 Å². The van der Waals surface area contributed by atoms with Crippen LogP contribution < -0.4 is 21.9 Å². The highest BCUT2D eigenvalue weighted by Gasteiger charge is 2.08. The van der Waals surface area contributed by atoms with E-state index in [1.54, 1.807) is 31.4 Å². The van der Waals surface area contributed by atoms with E-state index in [1.807, 2.05) is 0 Å². The fraction of sp³-hybridized carbons (Fsp3) is 0.381. The molecule has 0 fully saturated rings. The Balaban J connectivity index is 1.40. The van der Waals surface area contributed by atoms with Crippen molar-refractivity contribution in [2.45, 2.75) is 6.54 Å². The number of carbonyl (C=O) groups excluding carboxylic acids is 1. The molecule has 0 aliphatic heterocycles. The Morgan fingerprint density at radius 3 is 2.55 bits per heavy atom. The molecule has 0 aliphatic rings. The number of carbonyl (C=O) groups is 1. The molecule has 176 valence electrons. The molecule has 0 bridgehead atoms. The number of hydrogen-bond donors (Lipinski definition) is 4. The predicted molar refractivity (Wildman–Crippen MR) is 122 cm³/mol. The summed E-state index contributed by atoms with van der Waals surface area (Å²) in [6, 6.07) is 7.00. The van der Waals surface area contributed by atoms with Crippen molar-refractivity contribution in [3.05, 3.63) is 52.1 Å². The summed E-state index contributed by atoms with van der Waals surface area (Å²) in [5, 5.41) is 5.98. The fourth-order valence-electron chi connectivity index (χ4n) is 2.79. The number of nitrogens with two attached hydrogens (primary N) is 1. The van der Waals surface area contributed by atoms with Crippen LogP contribution in [0.15, 0.2) is 35.3 Å². The smallest absolute Gasteiger partial charge is 0.280 e. The van der Waals surface area contributed by atoms with E-state index in [0.717, 1.165) is 5.69 Å². The molecular formula is C21H27N7O5.